The first-order valence-electron chi connectivity index (χ1n) is 7.92. The maximum Gasteiger partial charge on any atom is 0.239 e. The molecule has 1 aromatic carbocycles. The van der Waals surface area contributed by atoms with Crippen molar-refractivity contribution in [1.29, 1.82) is 0 Å². The second kappa shape index (κ2) is 7.25. The zero-order valence-electron chi connectivity index (χ0n) is 14.0. The van der Waals surface area contributed by atoms with Crippen molar-refractivity contribution in [2.75, 3.05) is 18.5 Å². The van der Waals surface area contributed by atoms with Gasteiger partial charge in [0.2, 0.25) is 5.91 Å². The third-order valence-corrected chi connectivity index (χ3v) is 3.84. The van der Waals surface area contributed by atoms with Crippen molar-refractivity contribution in [2.45, 2.75) is 19.4 Å². The Morgan fingerprint density at radius 1 is 1.32 bits per heavy atom. The van der Waals surface area contributed by atoms with E-state index < -0.39 is 0 Å². The molecule has 3 aromatic rings. The van der Waals surface area contributed by atoms with Crippen molar-refractivity contribution in [3.63, 3.8) is 0 Å². The topological polar surface area (TPSA) is 86.8 Å². The number of hydrogen-bond donors (Lipinski definition) is 2. The highest BCUT2D eigenvalue weighted by Gasteiger charge is 2.15. The van der Waals surface area contributed by atoms with Crippen LogP contribution in [0, 0.1) is 5.82 Å². The van der Waals surface area contributed by atoms with E-state index in [1.807, 2.05) is 6.92 Å². The van der Waals surface area contributed by atoms with Gasteiger partial charge in [0.1, 0.15) is 17.7 Å². The molecule has 0 fully saturated rings. The number of aromatic nitrogens is 4. The van der Waals surface area contributed by atoms with Gasteiger partial charge in [-0.15, -0.1) is 0 Å². The Balaban J connectivity index is 1.60. The summed E-state index contributed by atoms with van der Waals surface area (Å²) in [6.45, 7) is 1.97. The van der Waals surface area contributed by atoms with Crippen molar-refractivity contribution in [3.8, 4) is 0 Å². The molecule has 25 heavy (non-hydrogen) atoms. The molecule has 3 rings (SSSR count). The minimum Gasteiger partial charge on any atom is -0.352 e. The minimum absolute atomic E-state index is 0.118. The molecule has 0 aliphatic heterocycles. The Hall–Kier alpha value is -3.03. The zero-order valence-corrected chi connectivity index (χ0v) is 14.0. The fraction of sp³-hybridized carbons (Fsp3) is 0.294. The fourth-order valence-electron chi connectivity index (χ4n) is 2.70. The van der Waals surface area contributed by atoms with Crippen LogP contribution < -0.4 is 10.2 Å². The summed E-state index contributed by atoms with van der Waals surface area (Å²) in [4.78, 5) is 29.3. The number of fused-ring (bicyclic) bond motifs is 1. The second-order valence-electron chi connectivity index (χ2n) is 5.92. The lowest BCUT2D eigenvalue weighted by atomic mass is 10.1. The van der Waals surface area contributed by atoms with Crippen LogP contribution in [0.25, 0.3) is 11.2 Å². The van der Waals surface area contributed by atoms with Gasteiger partial charge in [-0.25, -0.2) is 19.3 Å². The number of nitrogens with one attached hydrogen (secondary N) is 2. The lowest BCUT2D eigenvalue weighted by molar-refractivity contribution is -0.120. The Kier molecular flexibility index (Phi) is 4.87. The van der Waals surface area contributed by atoms with E-state index >= 15 is 0 Å². The number of nitrogens with zero attached hydrogens (tertiary/aromatic N) is 4. The number of imidazole rings is 1. The van der Waals surface area contributed by atoms with Crippen molar-refractivity contribution in [2.24, 2.45) is 0 Å². The standard InChI is InChI=1S/C17H19FN6O/c1-11(7-12-5-3-4-6-13(12)18)23-14(25)8-24(2)17-15-16(20-9-19-15)21-10-22-17/h3-6,9-11H,7-8H2,1-2H3,(H,23,25)(H,19,20,21,22). The summed E-state index contributed by atoms with van der Waals surface area (Å²) in [5.41, 5.74) is 1.81. The van der Waals surface area contributed by atoms with Gasteiger partial charge < -0.3 is 15.2 Å². The van der Waals surface area contributed by atoms with Crippen LogP contribution in [0.1, 0.15) is 12.5 Å². The highest BCUT2D eigenvalue weighted by Crippen LogP contribution is 2.17. The summed E-state index contributed by atoms with van der Waals surface area (Å²) >= 11 is 0. The predicted molar refractivity (Wildman–Crippen MR) is 92.7 cm³/mol. The summed E-state index contributed by atoms with van der Waals surface area (Å²) in [7, 11) is 1.77. The molecule has 0 aliphatic rings. The Morgan fingerprint density at radius 2 is 2.12 bits per heavy atom. The van der Waals surface area contributed by atoms with E-state index in [2.05, 4.69) is 25.3 Å². The number of benzene rings is 1. The molecule has 8 heteroatoms. The SMILES string of the molecule is CC(Cc1ccccc1F)NC(=O)CN(C)c1ncnc2nc[nH]c12. The molecule has 0 bridgehead atoms. The van der Waals surface area contributed by atoms with Gasteiger partial charge in [0, 0.05) is 13.1 Å². The Bertz CT molecular complexity index is 880. The van der Waals surface area contributed by atoms with Crippen molar-refractivity contribution in [1.82, 2.24) is 25.3 Å². The van der Waals surface area contributed by atoms with Gasteiger partial charge in [0.05, 0.1) is 12.9 Å². The van der Waals surface area contributed by atoms with Crippen LogP contribution in [0.5, 0.6) is 0 Å². The van der Waals surface area contributed by atoms with Crippen LogP contribution >= 0.6 is 0 Å². The highest BCUT2D eigenvalue weighted by atomic mass is 19.1. The van der Waals surface area contributed by atoms with Crippen LogP contribution in [-0.4, -0.2) is 45.5 Å². The zero-order chi connectivity index (χ0) is 17.8. The van der Waals surface area contributed by atoms with Gasteiger partial charge in [-0.05, 0) is 25.0 Å². The molecule has 2 N–H and O–H groups in total. The molecule has 0 saturated carbocycles. The number of carbonyl (C=O) groups is 1. The predicted octanol–water partition coefficient (Wildman–Crippen LogP) is 1.68. The summed E-state index contributed by atoms with van der Waals surface area (Å²) in [6, 6.07) is 6.39. The van der Waals surface area contributed by atoms with Crippen LogP contribution in [0.15, 0.2) is 36.9 Å². The molecule has 1 unspecified atom stereocenters. The van der Waals surface area contributed by atoms with E-state index in [0.29, 0.717) is 29.0 Å². The van der Waals surface area contributed by atoms with Crippen LogP contribution in [-0.2, 0) is 11.2 Å². The normalized spacial score (nSPS) is 12.1. The smallest absolute Gasteiger partial charge is 0.239 e. The molecule has 1 amide bonds. The molecule has 0 spiro atoms. The quantitative estimate of drug-likeness (QED) is 0.712. The first-order chi connectivity index (χ1) is 12.0. The Morgan fingerprint density at radius 3 is 2.92 bits per heavy atom. The van der Waals surface area contributed by atoms with Crippen molar-refractivity contribution in [3.05, 3.63) is 48.3 Å². The third kappa shape index (κ3) is 3.90. The van der Waals surface area contributed by atoms with E-state index in [4.69, 9.17) is 0 Å². The van der Waals surface area contributed by atoms with Gasteiger partial charge in [-0.1, -0.05) is 18.2 Å². The van der Waals surface area contributed by atoms with E-state index in [1.165, 1.54) is 18.7 Å². The highest BCUT2D eigenvalue weighted by molar-refractivity contribution is 5.87. The second-order valence-corrected chi connectivity index (χ2v) is 5.92. The van der Waals surface area contributed by atoms with E-state index in [9.17, 15) is 9.18 Å². The molecular formula is C17H19FN6O. The van der Waals surface area contributed by atoms with Crippen LogP contribution in [0.3, 0.4) is 0 Å². The van der Waals surface area contributed by atoms with Crippen LogP contribution in [0.4, 0.5) is 10.2 Å². The molecule has 0 aliphatic carbocycles. The molecule has 2 aromatic heterocycles. The van der Waals surface area contributed by atoms with Gasteiger partial charge in [0.25, 0.3) is 0 Å². The number of anilines is 1. The monoisotopic (exact) mass is 342 g/mol. The summed E-state index contributed by atoms with van der Waals surface area (Å²) in [5.74, 6) is 0.167. The molecule has 0 saturated heterocycles. The van der Waals surface area contributed by atoms with Gasteiger partial charge in [-0.3, -0.25) is 4.79 Å². The largest absolute Gasteiger partial charge is 0.352 e. The maximum atomic E-state index is 13.7. The third-order valence-electron chi connectivity index (χ3n) is 3.84. The number of aromatic amines is 1. The number of amides is 1. The number of likely N-dealkylation sites (N-methyl/N-ethyl adjacent to an activating group) is 1. The molecule has 1 atom stereocenters. The Labute approximate surface area is 144 Å². The lowest BCUT2D eigenvalue weighted by Gasteiger charge is -2.20. The minimum atomic E-state index is -0.261. The number of carbonyl (C=O) groups excluding carboxylic acids is 1. The van der Waals surface area contributed by atoms with Crippen molar-refractivity contribution < 1.29 is 9.18 Å². The van der Waals surface area contributed by atoms with Gasteiger partial charge >= 0.3 is 0 Å². The summed E-state index contributed by atoms with van der Waals surface area (Å²) in [6.07, 6.45) is 3.38. The first kappa shape index (κ1) is 16.8. The first-order valence-corrected chi connectivity index (χ1v) is 7.92. The average Bonchev–Trinajstić information content (AvgIpc) is 3.05. The van der Waals surface area contributed by atoms with Crippen LogP contribution in [0.2, 0.25) is 0 Å². The molecule has 130 valence electrons. The van der Waals surface area contributed by atoms with Crippen molar-refractivity contribution >= 4 is 22.9 Å². The lowest BCUT2D eigenvalue weighted by Crippen LogP contribution is -2.41. The van der Waals surface area contributed by atoms with E-state index in [-0.39, 0.29) is 24.3 Å². The molecule has 0 radical (unpaired) electrons. The molecular weight excluding hydrogens is 323 g/mol. The fourth-order valence-corrected chi connectivity index (χ4v) is 2.70. The van der Waals surface area contributed by atoms with Gasteiger partial charge in [-0.2, -0.15) is 0 Å². The summed E-state index contributed by atoms with van der Waals surface area (Å²) < 4.78 is 13.7. The van der Waals surface area contributed by atoms with E-state index in [1.54, 1.807) is 30.1 Å². The molecule has 7 nitrogen and oxygen atoms in total. The maximum absolute atomic E-state index is 13.7. The number of H-pyrrole nitrogens is 1. The van der Waals surface area contributed by atoms with Gasteiger partial charge in [0.15, 0.2) is 11.5 Å². The number of hydrogen-bond acceptors (Lipinski definition) is 5. The number of halogens is 1. The molecule has 2 heterocycles. The number of rotatable bonds is 6. The summed E-state index contributed by atoms with van der Waals surface area (Å²) in [5, 5.41) is 2.88. The van der Waals surface area contributed by atoms with E-state index in [0.717, 1.165) is 0 Å². The average molecular weight is 342 g/mol.